The Hall–Kier alpha value is -3.42. The molecule has 158 valence electrons. The van der Waals surface area contributed by atoms with Crippen molar-refractivity contribution in [1.82, 2.24) is 9.97 Å². The summed E-state index contributed by atoms with van der Waals surface area (Å²) in [6, 6.07) is 24.7. The molecule has 5 nitrogen and oxygen atoms in total. The van der Waals surface area contributed by atoms with Crippen LogP contribution in [0.1, 0.15) is 0 Å². The van der Waals surface area contributed by atoms with E-state index in [-0.39, 0.29) is 4.90 Å². The van der Waals surface area contributed by atoms with E-state index in [0.717, 1.165) is 21.8 Å². The highest BCUT2D eigenvalue weighted by Gasteiger charge is 2.21. The Kier molecular flexibility index (Phi) is 5.28. The lowest BCUT2D eigenvalue weighted by molar-refractivity contribution is 0.476. The first-order chi connectivity index (χ1) is 15.5. The van der Waals surface area contributed by atoms with E-state index in [2.05, 4.69) is 9.97 Å². The summed E-state index contributed by atoms with van der Waals surface area (Å²) in [5.41, 5.74) is 1.52. The Balaban J connectivity index is 1.73. The molecule has 7 heteroatoms. The highest BCUT2D eigenvalue weighted by molar-refractivity contribution is 8.00. The van der Waals surface area contributed by atoms with Gasteiger partial charge in [0.05, 0.1) is 20.8 Å². The van der Waals surface area contributed by atoms with Gasteiger partial charge in [0.25, 0.3) is 0 Å². The molecule has 0 radical (unpaired) electrons. The molecular weight excluding hydrogens is 440 g/mol. The average Bonchev–Trinajstić information content (AvgIpc) is 2.80. The third-order valence-corrected chi connectivity index (χ3v) is 7.35. The Morgan fingerprint density at radius 2 is 1.34 bits per heavy atom. The fourth-order valence-corrected chi connectivity index (χ4v) is 5.73. The maximum Gasteiger partial charge on any atom is 0.178 e. The number of hydrogen-bond acceptors (Lipinski definition) is 6. The van der Waals surface area contributed by atoms with Gasteiger partial charge in [-0.1, -0.05) is 60.3 Å². The molecule has 0 saturated carbocycles. The van der Waals surface area contributed by atoms with Gasteiger partial charge < -0.3 is 4.74 Å². The molecule has 0 saturated heterocycles. The van der Waals surface area contributed by atoms with Gasteiger partial charge in [-0.25, -0.2) is 8.42 Å². The standard InChI is InChI=1S/C25H18N2O3S2/c1-32(28,29)23-16-27-21-14-8-6-12-19(21)25(23)31-22-15-26-20-13-7-5-11-18(20)24(22)30-17-9-3-2-4-10-17/h2-16H,1H3. The Morgan fingerprint density at radius 3 is 2.06 bits per heavy atom. The number of fused-ring (bicyclic) bond motifs is 2. The molecule has 0 bridgehead atoms. The zero-order chi connectivity index (χ0) is 22.1. The van der Waals surface area contributed by atoms with E-state index in [0.29, 0.717) is 21.3 Å². The van der Waals surface area contributed by atoms with Crippen molar-refractivity contribution in [2.45, 2.75) is 14.7 Å². The SMILES string of the molecule is CS(=O)(=O)c1cnc2ccccc2c1Sc1cnc2ccccc2c1Oc1ccccc1. The Bertz CT molecular complexity index is 1550. The monoisotopic (exact) mass is 458 g/mol. The Morgan fingerprint density at radius 1 is 0.750 bits per heavy atom. The second kappa shape index (κ2) is 8.26. The fourth-order valence-electron chi connectivity index (χ4n) is 3.46. The number of hydrogen-bond donors (Lipinski definition) is 0. The highest BCUT2D eigenvalue weighted by Crippen LogP contribution is 2.44. The lowest BCUT2D eigenvalue weighted by Crippen LogP contribution is -2.01. The molecule has 2 heterocycles. The molecule has 0 N–H and O–H groups in total. The van der Waals surface area contributed by atoms with E-state index in [4.69, 9.17) is 4.74 Å². The van der Waals surface area contributed by atoms with Crippen LogP contribution in [0.15, 0.2) is 106 Å². The first-order valence-electron chi connectivity index (χ1n) is 9.87. The first kappa shape index (κ1) is 20.5. The number of aromatic nitrogens is 2. The number of sulfone groups is 1. The van der Waals surface area contributed by atoms with Crippen LogP contribution in [0.25, 0.3) is 21.8 Å². The van der Waals surface area contributed by atoms with Crippen molar-refractivity contribution >= 4 is 43.4 Å². The number of para-hydroxylation sites is 3. The smallest absolute Gasteiger partial charge is 0.178 e. The van der Waals surface area contributed by atoms with Crippen LogP contribution >= 0.6 is 11.8 Å². The maximum atomic E-state index is 12.6. The van der Waals surface area contributed by atoms with Crippen LogP contribution in [0.5, 0.6) is 11.5 Å². The molecule has 0 atom stereocenters. The van der Waals surface area contributed by atoms with Gasteiger partial charge in [0.1, 0.15) is 5.75 Å². The third-order valence-electron chi connectivity index (χ3n) is 4.96. The predicted octanol–water partition coefficient (Wildman–Crippen LogP) is 6.13. The van der Waals surface area contributed by atoms with Crippen molar-refractivity contribution in [3.05, 3.63) is 91.3 Å². The minimum Gasteiger partial charge on any atom is -0.455 e. The van der Waals surface area contributed by atoms with Crippen molar-refractivity contribution in [3.8, 4) is 11.5 Å². The number of rotatable bonds is 5. The molecule has 0 spiro atoms. The van der Waals surface area contributed by atoms with Crippen LogP contribution in [0.2, 0.25) is 0 Å². The largest absolute Gasteiger partial charge is 0.455 e. The summed E-state index contributed by atoms with van der Waals surface area (Å²) < 4.78 is 31.5. The molecule has 32 heavy (non-hydrogen) atoms. The molecule has 0 fully saturated rings. The van der Waals surface area contributed by atoms with Gasteiger partial charge >= 0.3 is 0 Å². The summed E-state index contributed by atoms with van der Waals surface area (Å²) in [7, 11) is -3.50. The molecule has 5 aromatic rings. The van der Waals surface area contributed by atoms with E-state index in [1.807, 2.05) is 78.9 Å². The molecule has 0 amide bonds. The molecule has 0 aliphatic heterocycles. The van der Waals surface area contributed by atoms with Crippen molar-refractivity contribution in [2.75, 3.05) is 6.26 Å². The molecule has 3 aromatic carbocycles. The molecule has 5 rings (SSSR count). The summed E-state index contributed by atoms with van der Waals surface area (Å²) in [6.45, 7) is 0. The van der Waals surface area contributed by atoms with Crippen LogP contribution < -0.4 is 4.74 Å². The quantitative estimate of drug-likeness (QED) is 0.316. The first-order valence-corrected chi connectivity index (χ1v) is 12.6. The maximum absolute atomic E-state index is 12.6. The van der Waals surface area contributed by atoms with Crippen LogP contribution in [-0.2, 0) is 9.84 Å². The van der Waals surface area contributed by atoms with Crippen molar-refractivity contribution in [2.24, 2.45) is 0 Å². The van der Waals surface area contributed by atoms with Gasteiger partial charge in [0.15, 0.2) is 15.6 Å². The van der Waals surface area contributed by atoms with E-state index >= 15 is 0 Å². The minimum absolute atomic E-state index is 0.181. The molecule has 0 unspecified atom stereocenters. The zero-order valence-corrected chi connectivity index (χ0v) is 18.7. The van der Waals surface area contributed by atoms with E-state index < -0.39 is 9.84 Å². The van der Waals surface area contributed by atoms with Gasteiger partial charge in [0.2, 0.25) is 0 Å². The minimum atomic E-state index is -3.50. The van der Waals surface area contributed by atoms with Gasteiger partial charge in [-0.3, -0.25) is 9.97 Å². The van der Waals surface area contributed by atoms with Crippen LogP contribution in [0.3, 0.4) is 0 Å². The van der Waals surface area contributed by atoms with E-state index in [9.17, 15) is 8.42 Å². The average molecular weight is 459 g/mol. The molecule has 2 aromatic heterocycles. The van der Waals surface area contributed by atoms with Crippen LogP contribution in [0.4, 0.5) is 0 Å². The van der Waals surface area contributed by atoms with Crippen molar-refractivity contribution < 1.29 is 13.2 Å². The van der Waals surface area contributed by atoms with Gasteiger partial charge in [-0.05, 0) is 30.3 Å². The second-order valence-electron chi connectivity index (χ2n) is 7.23. The lowest BCUT2D eigenvalue weighted by Gasteiger charge is -2.16. The lowest BCUT2D eigenvalue weighted by atomic mass is 10.2. The molecular formula is C25H18N2O3S2. The predicted molar refractivity (Wildman–Crippen MR) is 127 cm³/mol. The van der Waals surface area contributed by atoms with Gasteiger partial charge in [-0.2, -0.15) is 0 Å². The second-order valence-corrected chi connectivity index (χ2v) is 10.3. The zero-order valence-electron chi connectivity index (χ0n) is 17.1. The summed E-state index contributed by atoms with van der Waals surface area (Å²) >= 11 is 1.32. The van der Waals surface area contributed by atoms with Gasteiger partial charge in [-0.15, -0.1) is 0 Å². The highest BCUT2D eigenvalue weighted by atomic mass is 32.2. The fraction of sp³-hybridized carbons (Fsp3) is 0.0400. The number of pyridine rings is 2. The van der Waals surface area contributed by atoms with Crippen molar-refractivity contribution in [1.29, 1.82) is 0 Å². The number of ether oxygens (including phenoxy) is 1. The van der Waals surface area contributed by atoms with E-state index in [1.165, 1.54) is 24.2 Å². The Labute approximate surface area is 190 Å². The van der Waals surface area contributed by atoms with Crippen LogP contribution in [-0.4, -0.2) is 24.6 Å². The summed E-state index contributed by atoms with van der Waals surface area (Å²) in [4.78, 5) is 10.4. The number of benzene rings is 3. The summed E-state index contributed by atoms with van der Waals surface area (Å²) in [5.74, 6) is 1.32. The molecule has 0 aliphatic rings. The number of nitrogens with zero attached hydrogens (tertiary/aromatic N) is 2. The van der Waals surface area contributed by atoms with Crippen LogP contribution in [0, 0.1) is 0 Å². The normalized spacial score (nSPS) is 11.7. The van der Waals surface area contributed by atoms with Crippen molar-refractivity contribution in [3.63, 3.8) is 0 Å². The molecule has 0 aliphatic carbocycles. The third kappa shape index (κ3) is 3.92. The van der Waals surface area contributed by atoms with E-state index in [1.54, 1.807) is 6.20 Å². The summed E-state index contributed by atoms with van der Waals surface area (Å²) in [5, 5.41) is 1.61. The topological polar surface area (TPSA) is 69.2 Å². The van der Waals surface area contributed by atoms with Gasteiger partial charge in [0, 0.05) is 34.3 Å². The summed E-state index contributed by atoms with van der Waals surface area (Å²) in [6.07, 6.45) is 4.35.